The molecule has 0 saturated heterocycles. The molecule has 356 valence electrons. The van der Waals surface area contributed by atoms with E-state index in [1.165, 1.54) is 116 Å². The summed E-state index contributed by atoms with van der Waals surface area (Å²) in [6.45, 7) is 28.5. The van der Waals surface area contributed by atoms with Crippen molar-refractivity contribution in [1.29, 1.82) is 0 Å². The molecule has 0 atom stereocenters. The summed E-state index contributed by atoms with van der Waals surface area (Å²) < 4.78 is 0. The van der Waals surface area contributed by atoms with Crippen molar-refractivity contribution in [2.75, 3.05) is 9.80 Å². The zero-order chi connectivity index (χ0) is 49.8. The lowest BCUT2D eigenvalue weighted by Gasteiger charge is -2.45. The second-order valence-corrected chi connectivity index (χ2v) is 23.4. The number of benzene rings is 9. The van der Waals surface area contributed by atoms with Crippen LogP contribution < -0.4 is 26.2 Å². The van der Waals surface area contributed by atoms with Gasteiger partial charge in [0.25, 0.3) is 6.71 Å². The first kappa shape index (κ1) is 46.8. The van der Waals surface area contributed by atoms with E-state index in [1.807, 2.05) is 0 Å². The summed E-state index contributed by atoms with van der Waals surface area (Å²) in [5.41, 5.74) is 19.7. The van der Waals surface area contributed by atoms with Gasteiger partial charge in [0.05, 0.1) is 0 Å². The van der Waals surface area contributed by atoms with E-state index >= 15 is 0 Å². The second kappa shape index (κ2) is 17.0. The van der Waals surface area contributed by atoms with Crippen LogP contribution in [0.15, 0.2) is 164 Å². The minimum absolute atomic E-state index is 0.00507. The van der Waals surface area contributed by atoms with Crippen LogP contribution in [-0.2, 0) is 21.7 Å². The Hall–Kier alpha value is -6.58. The van der Waals surface area contributed by atoms with Crippen molar-refractivity contribution in [2.45, 2.75) is 130 Å². The van der Waals surface area contributed by atoms with Crippen LogP contribution in [0.2, 0.25) is 0 Å². The van der Waals surface area contributed by atoms with Gasteiger partial charge in [0.2, 0.25) is 0 Å². The number of anilines is 6. The van der Waals surface area contributed by atoms with Crippen LogP contribution in [0.4, 0.5) is 34.1 Å². The van der Waals surface area contributed by atoms with E-state index in [9.17, 15) is 0 Å². The molecule has 2 aliphatic heterocycles. The summed E-state index contributed by atoms with van der Waals surface area (Å²) >= 11 is 0. The monoisotopic (exact) mass is 927 g/mol. The van der Waals surface area contributed by atoms with E-state index in [0.29, 0.717) is 0 Å². The van der Waals surface area contributed by atoms with Gasteiger partial charge in [-0.1, -0.05) is 198 Å². The lowest BCUT2D eigenvalue weighted by atomic mass is 9.33. The third kappa shape index (κ3) is 7.35. The van der Waals surface area contributed by atoms with Gasteiger partial charge < -0.3 is 9.80 Å². The van der Waals surface area contributed by atoms with E-state index in [2.05, 4.69) is 257 Å². The molecule has 3 heteroatoms. The van der Waals surface area contributed by atoms with Crippen LogP contribution in [0.1, 0.15) is 131 Å². The Morgan fingerprint density at radius 2 is 0.775 bits per heavy atom. The standard InChI is InChI=1S/C68H71BN2/c1-13-65(5,6)44-31-35-47(36-32-44)70-59-39-33-45(66(7,8)14-2)41-57(59)69-58-42-46(67(9,10)15-3)34-40-60(58)71(62-30-22-29-61(70)64(62)69)48-37-38-56(68(11,12)16-4)55(43-48)54-28-21-27-53-51-24-18-17-23-49(51)50-25-19-20-26-52(50)63(53)54/h17-43H,13-16H2,1-12H3. The summed E-state index contributed by atoms with van der Waals surface area (Å²) in [6.07, 6.45) is 4.22. The van der Waals surface area contributed by atoms with Gasteiger partial charge in [-0.15, -0.1) is 0 Å². The molecule has 2 heterocycles. The van der Waals surface area contributed by atoms with Gasteiger partial charge in [0.15, 0.2) is 0 Å². The fraction of sp³-hybridized carbons (Fsp3) is 0.294. The highest BCUT2D eigenvalue weighted by atomic mass is 15.2. The highest BCUT2D eigenvalue weighted by Crippen LogP contribution is 2.49. The molecule has 9 aromatic carbocycles. The van der Waals surface area contributed by atoms with Crippen LogP contribution in [0.3, 0.4) is 0 Å². The SMILES string of the molecule is CCC(C)(C)c1ccc(N2c3ccc(C(C)(C)CC)cc3B3c4cc(C(C)(C)CC)ccc4N(c4ccc(C(C)(C)CC)c(-c5cccc6c7ccccc7c7ccccc7c56)c4)c4cccc2c43)cc1. The highest BCUT2D eigenvalue weighted by Gasteiger charge is 2.44. The molecule has 2 aliphatic rings. The van der Waals surface area contributed by atoms with Crippen LogP contribution >= 0.6 is 0 Å². The summed E-state index contributed by atoms with van der Waals surface area (Å²) in [7, 11) is 0. The van der Waals surface area contributed by atoms with Crippen molar-refractivity contribution in [3.63, 3.8) is 0 Å². The first-order chi connectivity index (χ1) is 34.0. The minimum Gasteiger partial charge on any atom is -0.311 e. The average Bonchev–Trinajstić information content (AvgIpc) is 3.40. The predicted molar refractivity (Wildman–Crippen MR) is 312 cm³/mol. The smallest absolute Gasteiger partial charge is 0.252 e. The largest absolute Gasteiger partial charge is 0.311 e. The van der Waals surface area contributed by atoms with Gasteiger partial charge >= 0.3 is 0 Å². The van der Waals surface area contributed by atoms with Gasteiger partial charge in [-0.3, -0.25) is 0 Å². The van der Waals surface area contributed by atoms with Gasteiger partial charge in [-0.25, -0.2) is 0 Å². The van der Waals surface area contributed by atoms with Gasteiger partial charge in [0, 0.05) is 34.1 Å². The fourth-order valence-electron chi connectivity index (χ4n) is 11.9. The molecule has 2 nitrogen and oxygen atoms in total. The molecule has 0 amide bonds. The normalized spacial score (nSPS) is 13.8. The quantitative estimate of drug-likeness (QED) is 0.0942. The summed E-state index contributed by atoms with van der Waals surface area (Å²) in [5.74, 6) is 0. The Bertz CT molecular complexity index is 3510. The maximum absolute atomic E-state index is 2.62. The van der Waals surface area contributed by atoms with Crippen molar-refractivity contribution in [1.82, 2.24) is 0 Å². The van der Waals surface area contributed by atoms with E-state index in [4.69, 9.17) is 0 Å². The topological polar surface area (TPSA) is 6.48 Å². The third-order valence-electron chi connectivity index (χ3n) is 18.0. The lowest BCUT2D eigenvalue weighted by Crippen LogP contribution is -2.61. The van der Waals surface area contributed by atoms with E-state index in [1.54, 1.807) is 0 Å². The molecular formula is C68H71BN2. The van der Waals surface area contributed by atoms with Gasteiger partial charge in [-0.2, -0.15) is 0 Å². The molecule has 0 fully saturated rings. The maximum Gasteiger partial charge on any atom is 0.252 e. The molecular weight excluding hydrogens is 856 g/mol. The average molecular weight is 927 g/mol. The number of nitrogens with zero attached hydrogens (tertiary/aromatic N) is 2. The summed E-state index contributed by atoms with van der Waals surface area (Å²) in [5, 5.41) is 7.82. The Kier molecular flexibility index (Phi) is 11.2. The Morgan fingerprint density at radius 1 is 0.352 bits per heavy atom. The molecule has 9 aromatic rings. The molecule has 0 saturated carbocycles. The molecule has 0 aromatic heterocycles. The number of fused-ring (bicyclic) bond motifs is 10. The fourth-order valence-corrected chi connectivity index (χ4v) is 11.9. The van der Waals surface area contributed by atoms with Crippen molar-refractivity contribution in [3.8, 4) is 11.1 Å². The zero-order valence-electron chi connectivity index (χ0n) is 44.4. The molecule has 0 aliphatic carbocycles. The molecule has 0 unspecified atom stereocenters. The number of hydrogen-bond acceptors (Lipinski definition) is 2. The summed E-state index contributed by atoms with van der Waals surface area (Å²) in [4.78, 5) is 5.19. The van der Waals surface area contributed by atoms with Crippen LogP contribution in [0, 0.1) is 0 Å². The predicted octanol–water partition coefficient (Wildman–Crippen LogP) is 17.6. The van der Waals surface area contributed by atoms with Crippen molar-refractivity contribution < 1.29 is 0 Å². The molecule has 0 spiro atoms. The number of hydrogen-bond donors (Lipinski definition) is 0. The van der Waals surface area contributed by atoms with Crippen molar-refractivity contribution in [2.24, 2.45) is 0 Å². The van der Waals surface area contributed by atoms with Crippen LogP contribution in [0.25, 0.3) is 43.4 Å². The van der Waals surface area contributed by atoms with E-state index < -0.39 is 0 Å². The number of rotatable bonds is 11. The molecule has 71 heavy (non-hydrogen) atoms. The van der Waals surface area contributed by atoms with Gasteiger partial charge in [-0.05, 0) is 178 Å². The van der Waals surface area contributed by atoms with Gasteiger partial charge in [0.1, 0.15) is 0 Å². The van der Waals surface area contributed by atoms with Crippen molar-refractivity contribution in [3.05, 3.63) is 186 Å². The van der Waals surface area contributed by atoms with Crippen molar-refractivity contribution >= 4 is 89.5 Å². The highest BCUT2D eigenvalue weighted by molar-refractivity contribution is 7.00. The Labute approximate surface area is 424 Å². The zero-order valence-corrected chi connectivity index (χ0v) is 44.4. The first-order valence-corrected chi connectivity index (χ1v) is 26.6. The maximum atomic E-state index is 2.62. The summed E-state index contributed by atoms with van der Waals surface area (Å²) in [6, 6.07) is 63.9. The lowest BCUT2D eigenvalue weighted by molar-refractivity contribution is 0.506. The molecule has 0 bridgehead atoms. The first-order valence-electron chi connectivity index (χ1n) is 26.6. The molecule has 0 radical (unpaired) electrons. The van der Waals surface area contributed by atoms with E-state index in [0.717, 1.165) is 25.7 Å². The molecule has 0 N–H and O–H groups in total. The second-order valence-electron chi connectivity index (χ2n) is 23.4. The Balaban J connectivity index is 1.22. The Morgan fingerprint density at radius 3 is 1.30 bits per heavy atom. The van der Waals surface area contributed by atoms with E-state index in [-0.39, 0.29) is 28.4 Å². The third-order valence-corrected chi connectivity index (χ3v) is 18.0. The molecule has 11 rings (SSSR count). The minimum atomic E-state index is -0.0732. The van der Waals surface area contributed by atoms with Crippen LogP contribution in [-0.4, -0.2) is 6.71 Å². The van der Waals surface area contributed by atoms with Crippen LogP contribution in [0.5, 0.6) is 0 Å².